The number of aliphatic carboxylic acids is 1. The van der Waals surface area contributed by atoms with Crippen molar-refractivity contribution in [1.82, 2.24) is 9.55 Å². The quantitative estimate of drug-likeness (QED) is 0.598. The van der Waals surface area contributed by atoms with Gasteiger partial charge in [0.2, 0.25) is 0 Å². The van der Waals surface area contributed by atoms with Crippen molar-refractivity contribution in [1.29, 1.82) is 0 Å². The second-order valence-electron chi connectivity index (χ2n) is 6.86. The molecular weight excluding hydrogens is 417 g/mol. The monoisotopic (exact) mass is 434 g/mol. The van der Waals surface area contributed by atoms with E-state index >= 15 is 0 Å². The number of carbonyl (C=O) groups is 1. The minimum Gasteiger partial charge on any atom is -0.480 e. The van der Waals surface area contributed by atoms with Gasteiger partial charge in [-0.3, -0.25) is 9.36 Å². The molecule has 1 aromatic heterocycles. The molecule has 0 spiro atoms. The lowest BCUT2D eigenvalue weighted by molar-refractivity contribution is -0.156. The first-order valence-electron chi connectivity index (χ1n) is 9.06. The standard InChI is InChI=1S/C21H17F3N2O3S/c1-13(14-6-2-3-7-15(14)21(22,23)24)29-20(10-11-30-18(20)19(27)28)26-12-25-16-8-4-5-9-17(16)26/h2-13,18H,1H3,(H,27,28)/t13-,18?,20?/m1/s1. The number of rotatable bonds is 5. The number of nitrogens with zero attached hydrogens (tertiary/aromatic N) is 2. The molecule has 1 aliphatic heterocycles. The van der Waals surface area contributed by atoms with E-state index in [0.29, 0.717) is 11.0 Å². The van der Waals surface area contributed by atoms with Gasteiger partial charge in [-0.05, 0) is 42.2 Å². The first-order valence-corrected chi connectivity index (χ1v) is 10.0. The molecule has 1 N–H and O–H groups in total. The fraction of sp³-hybridized carbons (Fsp3) is 0.238. The Hall–Kier alpha value is -2.78. The normalized spacial score (nSPS) is 22.5. The van der Waals surface area contributed by atoms with Crippen molar-refractivity contribution in [3.05, 3.63) is 77.5 Å². The maximum absolute atomic E-state index is 13.5. The molecule has 30 heavy (non-hydrogen) atoms. The van der Waals surface area contributed by atoms with Gasteiger partial charge >= 0.3 is 12.1 Å². The summed E-state index contributed by atoms with van der Waals surface area (Å²) in [4.78, 5) is 16.3. The van der Waals surface area contributed by atoms with Crippen LogP contribution >= 0.6 is 11.8 Å². The molecular formula is C21H17F3N2O3S. The lowest BCUT2D eigenvalue weighted by Crippen LogP contribution is -2.46. The van der Waals surface area contributed by atoms with Crippen LogP contribution in [0.25, 0.3) is 11.0 Å². The summed E-state index contributed by atoms with van der Waals surface area (Å²) in [5, 5.41) is 10.3. The number of ether oxygens (including phenoxy) is 1. The average Bonchev–Trinajstić information content (AvgIpc) is 3.32. The molecule has 0 saturated carbocycles. The van der Waals surface area contributed by atoms with Gasteiger partial charge in [-0.2, -0.15) is 13.2 Å². The molecule has 1 aliphatic rings. The zero-order chi connectivity index (χ0) is 21.5. The number of thioether (sulfide) groups is 1. The van der Waals surface area contributed by atoms with E-state index < -0.39 is 34.8 Å². The van der Waals surface area contributed by atoms with Gasteiger partial charge in [-0.1, -0.05) is 30.3 Å². The van der Waals surface area contributed by atoms with Crippen LogP contribution in [0.5, 0.6) is 0 Å². The van der Waals surface area contributed by atoms with Crippen molar-refractivity contribution >= 4 is 28.8 Å². The molecule has 0 amide bonds. The summed E-state index contributed by atoms with van der Waals surface area (Å²) in [6, 6.07) is 12.2. The molecule has 3 aromatic rings. The van der Waals surface area contributed by atoms with Crippen LogP contribution in [-0.2, 0) is 21.4 Å². The molecule has 0 radical (unpaired) electrons. The van der Waals surface area contributed by atoms with E-state index in [-0.39, 0.29) is 5.56 Å². The molecule has 0 bridgehead atoms. The smallest absolute Gasteiger partial charge is 0.416 e. The summed E-state index contributed by atoms with van der Waals surface area (Å²) in [5.41, 5.74) is -1.19. The van der Waals surface area contributed by atoms with Crippen molar-refractivity contribution in [2.24, 2.45) is 0 Å². The molecule has 3 atom stereocenters. The van der Waals surface area contributed by atoms with Gasteiger partial charge in [0.25, 0.3) is 0 Å². The van der Waals surface area contributed by atoms with Gasteiger partial charge in [0.15, 0.2) is 11.0 Å². The molecule has 0 fully saturated rings. The first kappa shape index (κ1) is 20.5. The van der Waals surface area contributed by atoms with Gasteiger partial charge in [-0.15, -0.1) is 11.8 Å². The molecule has 9 heteroatoms. The summed E-state index contributed by atoms with van der Waals surface area (Å²) < 4.78 is 48.3. The summed E-state index contributed by atoms with van der Waals surface area (Å²) in [6.07, 6.45) is -2.58. The van der Waals surface area contributed by atoms with Crippen LogP contribution in [-0.4, -0.2) is 25.9 Å². The predicted octanol–water partition coefficient (Wildman–Crippen LogP) is 5.20. The highest BCUT2D eigenvalue weighted by Crippen LogP contribution is 2.46. The summed E-state index contributed by atoms with van der Waals surface area (Å²) in [5.74, 6) is -1.14. The number of fused-ring (bicyclic) bond motifs is 1. The highest BCUT2D eigenvalue weighted by Gasteiger charge is 2.50. The van der Waals surface area contributed by atoms with Crippen molar-refractivity contribution in [2.75, 3.05) is 0 Å². The number of imidazole rings is 1. The largest absolute Gasteiger partial charge is 0.480 e. The van der Waals surface area contributed by atoms with Crippen molar-refractivity contribution < 1.29 is 27.8 Å². The van der Waals surface area contributed by atoms with Crippen LogP contribution in [0.2, 0.25) is 0 Å². The summed E-state index contributed by atoms with van der Waals surface area (Å²) >= 11 is 1.04. The van der Waals surface area contributed by atoms with Gasteiger partial charge < -0.3 is 9.84 Å². The lowest BCUT2D eigenvalue weighted by Gasteiger charge is -2.36. The highest BCUT2D eigenvalue weighted by atomic mass is 32.2. The minimum absolute atomic E-state index is 0.0664. The van der Waals surface area contributed by atoms with Crippen molar-refractivity contribution in [3.63, 3.8) is 0 Å². The van der Waals surface area contributed by atoms with Crippen LogP contribution < -0.4 is 0 Å². The molecule has 156 valence electrons. The number of halogens is 3. The van der Waals surface area contributed by atoms with E-state index in [1.165, 1.54) is 31.5 Å². The Morgan fingerprint density at radius 1 is 1.23 bits per heavy atom. The Kier molecular flexibility index (Phi) is 5.11. The van der Waals surface area contributed by atoms with E-state index in [1.807, 2.05) is 0 Å². The number of hydrogen-bond donors (Lipinski definition) is 1. The number of carboxylic acids is 1. The van der Waals surface area contributed by atoms with Crippen LogP contribution in [0.1, 0.15) is 24.2 Å². The van der Waals surface area contributed by atoms with E-state index in [9.17, 15) is 23.1 Å². The van der Waals surface area contributed by atoms with Crippen molar-refractivity contribution in [3.8, 4) is 0 Å². The van der Waals surface area contributed by atoms with Crippen molar-refractivity contribution in [2.45, 2.75) is 30.2 Å². The van der Waals surface area contributed by atoms with E-state index in [0.717, 1.165) is 17.8 Å². The predicted molar refractivity (Wildman–Crippen MR) is 107 cm³/mol. The Morgan fingerprint density at radius 2 is 1.93 bits per heavy atom. The number of aromatic nitrogens is 2. The van der Waals surface area contributed by atoms with E-state index in [4.69, 9.17) is 4.74 Å². The van der Waals surface area contributed by atoms with Gasteiger partial charge in [0.1, 0.15) is 0 Å². The highest BCUT2D eigenvalue weighted by molar-refractivity contribution is 8.03. The minimum atomic E-state index is -4.56. The maximum atomic E-state index is 13.5. The molecule has 2 aromatic carbocycles. The van der Waals surface area contributed by atoms with E-state index in [2.05, 4.69) is 4.98 Å². The molecule has 4 rings (SSSR count). The topological polar surface area (TPSA) is 64.4 Å². The summed E-state index contributed by atoms with van der Waals surface area (Å²) in [7, 11) is 0. The third-order valence-electron chi connectivity index (χ3n) is 5.02. The fourth-order valence-electron chi connectivity index (χ4n) is 3.69. The SMILES string of the molecule is C[C@@H](OC1(n2cnc3ccccc32)C=CSC1C(=O)O)c1ccccc1C(F)(F)F. The van der Waals surface area contributed by atoms with Crippen LogP contribution in [0, 0.1) is 0 Å². The second kappa shape index (κ2) is 7.48. The Morgan fingerprint density at radius 3 is 2.67 bits per heavy atom. The van der Waals surface area contributed by atoms with Gasteiger partial charge in [-0.25, -0.2) is 4.98 Å². The molecule has 5 nitrogen and oxygen atoms in total. The Bertz CT molecular complexity index is 1130. The molecule has 2 unspecified atom stereocenters. The van der Waals surface area contributed by atoms with Crippen LogP contribution in [0.3, 0.4) is 0 Å². The maximum Gasteiger partial charge on any atom is 0.416 e. The average molecular weight is 434 g/mol. The fourth-order valence-corrected chi connectivity index (χ4v) is 4.68. The number of carboxylic acid groups (broad SMARTS) is 1. The number of para-hydroxylation sites is 2. The molecule has 2 heterocycles. The lowest BCUT2D eigenvalue weighted by atomic mass is 10.0. The second-order valence-corrected chi connectivity index (χ2v) is 7.87. The molecule has 0 aliphatic carbocycles. The zero-order valence-electron chi connectivity index (χ0n) is 15.7. The third kappa shape index (κ3) is 3.37. The Balaban J connectivity index is 1.84. The molecule has 0 saturated heterocycles. The van der Waals surface area contributed by atoms with Gasteiger partial charge in [0.05, 0.1) is 29.0 Å². The first-order chi connectivity index (χ1) is 14.2. The Labute approximate surface area is 174 Å². The van der Waals surface area contributed by atoms with Crippen LogP contribution in [0.4, 0.5) is 13.2 Å². The van der Waals surface area contributed by atoms with E-state index in [1.54, 1.807) is 40.3 Å². The van der Waals surface area contributed by atoms with Gasteiger partial charge in [0, 0.05) is 0 Å². The number of alkyl halides is 3. The summed E-state index contributed by atoms with van der Waals surface area (Å²) in [6.45, 7) is 1.49. The zero-order valence-corrected chi connectivity index (χ0v) is 16.5. The van der Waals surface area contributed by atoms with Crippen LogP contribution in [0.15, 0.2) is 66.3 Å². The number of hydrogen-bond acceptors (Lipinski definition) is 4. The number of benzene rings is 2. The third-order valence-corrected chi connectivity index (χ3v) is 6.13.